The Bertz CT molecular complexity index is 490. The van der Waals surface area contributed by atoms with E-state index in [0.29, 0.717) is 6.07 Å². The maximum absolute atomic E-state index is 12.7. The SMILES string of the molecule is CCOC(=O)c1nc(C(F)F)c(Br)cc1C(F)(F)F. The van der Waals surface area contributed by atoms with Gasteiger partial charge in [0.15, 0.2) is 5.69 Å². The fourth-order valence-corrected chi connectivity index (χ4v) is 1.72. The van der Waals surface area contributed by atoms with Crippen LogP contribution in [0.4, 0.5) is 22.0 Å². The van der Waals surface area contributed by atoms with Crippen LogP contribution in [0.3, 0.4) is 0 Å². The molecule has 106 valence electrons. The first kappa shape index (κ1) is 15.8. The topological polar surface area (TPSA) is 39.2 Å². The highest BCUT2D eigenvalue weighted by molar-refractivity contribution is 9.10. The smallest absolute Gasteiger partial charge is 0.418 e. The summed E-state index contributed by atoms with van der Waals surface area (Å²) in [5, 5.41) is 0. The molecule has 0 saturated carbocycles. The van der Waals surface area contributed by atoms with Crippen LogP contribution in [0, 0.1) is 0 Å². The Balaban J connectivity index is 3.46. The highest BCUT2D eigenvalue weighted by atomic mass is 79.9. The molecular weight excluding hydrogens is 341 g/mol. The molecule has 0 bridgehead atoms. The molecule has 0 fully saturated rings. The molecule has 1 aromatic rings. The van der Waals surface area contributed by atoms with Gasteiger partial charge >= 0.3 is 12.1 Å². The van der Waals surface area contributed by atoms with E-state index in [-0.39, 0.29) is 6.61 Å². The quantitative estimate of drug-likeness (QED) is 0.613. The number of aromatic nitrogens is 1. The lowest BCUT2D eigenvalue weighted by Gasteiger charge is -2.13. The summed E-state index contributed by atoms with van der Waals surface area (Å²) in [5.74, 6) is -1.40. The molecule has 0 aliphatic rings. The third kappa shape index (κ3) is 3.62. The van der Waals surface area contributed by atoms with Crippen LogP contribution >= 0.6 is 15.9 Å². The Hall–Kier alpha value is -1.25. The Labute approximate surface area is 112 Å². The molecule has 0 aromatic carbocycles. The van der Waals surface area contributed by atoms with Crippen molar-refractivity contribution in [2.24, 2.45) is 0 Å². The first-order chi connectivity index (χ1) is 8.68. The summed E-state index contributed by atoms with van der Waals surface area (Å²) in [4.78, 5) is 14.4. The average Bonchev–Trinajstić information content (AvgIpc) is 2.27. The number of ether oxygens (including phenoxy) is 1. The van der Waals surface area contributed by atoms with Crippen molar-refractivity contribution in [1.29, 1.82) is 0 Å². The van der Waals surface area contributed by atoms with E-state index in [0.717, 1.165) is 0 Å². The number of halogens is 6. The Kier molecular flexibility index (Phi) is 4.83. The van der Waals surface area contributed by atoms with E-state index in [4.69, 9.17) is 0 Å². The molecule has 19 heavy (non-hydrogen) atoms. The maximum Gasteiger partial charge on any atom is 0.418 e. The van der Waals surface area contributed by atoms with Gasteiger partial charge in [0.25, 0.3) is 6.43 Å². The van der Waals surface area contributed by atoms with Crippen molar-refractivity contribution in [3.05, 3.63) is 27.5 Å². The summed E-state index contributed by atoms with van der Waals surface area (Å²) < 4.78 is 67.1. The van der Waals surface area contributed by atoms with E-state index in [1.165, 1.54) is 6.92 Å². The van der Waals surface area contributed by atoms with Crippen LogP contribution < -0.4 is 0 Å². The Morgan fingerprint density at radius 1 is 1.47 bits per heavy atom. The fourth-order valence-electron chi connectivity index (χ4n) is 1.23. The number of alkyl halides is 5. The highest BCUT2D eigenvalue weighted by Gasteiger charge is 2.38. The normalized spacial score (nSPS) is 11.8. The molecule has 0 atom stereocenters. The molecule has 0 amide bonds. The first-order valence-electron chi connectivity index (χ1n) is 4.91. The number of hydrogen-bond donors (Lipinski definition) is 0. The Morgan fingerprint density at radius 2 is 2.05 bits per heavy atom. The number of rotatable bonds is 3. The largest absolute Gasteiger partial charge is 0.461 e. The lowest BCUT2D eigenvalue weighted by Crippen LogP contribution is -2.18. The monoisotopic (exact) mass is 347 g/mol. The molecule has 0 N–H and O–H groups in total. The minimum atomic E-state index is -4.90. The van der Waals surface area contributed by atoms with Gasteiger partial charge in [-0.15, -0.1) is 0 Å². The molecule has 9 heteroatoms. The second kappa shape index (κ2) is 5.81. The standard InChI is InChI=1S/C10H7BrF5NO2/c1-2-19-9(18)6-4(10(14,15)16)3-5(11)7(17-6)8(12)13/h3,8H,2H2,1H3. The van der Waals surface area contributed by atoms with Crippen molar-refractivity contribution < 1.29 is 31.5 Å². The second-order valence-corrected chi connectivity index (χ2v) is 4.12. The van der Waals surface area contributed by atoms with Crippen LogP contribution in [-0.2, 0) is 10.9 Å². The van der Waals surface area contributed by atoms with Gasteiger partial charge in [0.05, 0.1) is 12.2 Å². The van der Waals surface area contributed by atoms with E-state index >= 15 is 0 Å². The van der Waals surface area contributed by atoms with Crippen LogP contribution in [-0.4, -0.2) is 17.6 Å². The number of carbonyl (C=O) groups is 1. The summed E-state index contributed by atoms with van der Waals surface area (Å²) in [7, 11) is 0. The zero-order valence-electron chi connectivity index (χ0n) is 9.39. The zero-order valence-corrected chi connectivity index (χ0v) is 11.0. The summed E-state index contributed by atoms with van der Waals surface area (Å²) in [6.45, 7) is 1.18. The molecule has 0 aliphatic carbocycles. The molecule has 0 radical (unpaired) electrons. The zero-order chi connectivity index (χ0) is 14.8. The second-order valence-electron chi connectivity index (χ2n) is 3.27. The van der Waals surface area contributed by atoms with Crippen molar-refractivity contribution in [2.45, 2.75) is 19.5 Å². The van der Waals surface area contributed by atoms with Gasteiger partial charge in [0.1, 0.15) is 5.69 Å². The summed E-state index contributed by atoms with van der Waals surface area (Å²) in [6.07, 6.45) is -8.03. The van der Waals surface area contributed by atoms with Crippen LogP contribution in [0.2, 0.25) is 0 Å². The molecule has 1 rings (SSSR count). The molecule has 1 heterocycles. The number of esters is 1. The van der Waals surface area contributed by atoms with Crippen molar-refractivity contribution in [1.82, 2.24) is 4.98 Å². The third-order valence-corrected chi connectivity index (χ3v) is 2.62. The van der Waals surface area contributed by atoms with Gasteiger partial charge in [0, 0.05) is 4.47 Å². The van der Waals surface area contributed by atoms with E-state index in [1.54, 1.807) is 0 Å². The first-order valence-corrected chi connectivity index (χ1v) is 5.70. The van der Waals surface area contributed by atoms with Gasteiger partial charge in [-0.2, -0.15) is 13.2 Å². The predicted octanol–water partition coefficient (Wildman–Crippen LogP) is 3.98. The minimum Gasteiger partial charge on any atom is -0.461 e. The third-order valence-electron chi connectivity index (χ3n) is 1.98. The Morgan fingerprint density at radius 3 is 2.47 bits per heavy atom. The van der Waals surface area contributed by atoms with Gasteiger partial charge in [-0.25, -0.2) is 18.6 Å². The number of carbonyl (C=O) groups excluding carboxylic acids is 1. The van der Waals surface area contributed by atoms with Gasteiger partial charge in [-0.05, 0) is 28.9 Å². The molecule has 0 spiro atoms. The van der Waals surface area contributed by atoms with Crippen molar-refractivity contribution in [3.63, 3.8) is 0 Å². The average molecular weight is 348 g/mol. The van der Waals surface area contributed by atoms with Crippen LogP contribution in [0.15, 0.2) is 10.5 Å². The van der Waals surface area contributed by atoms with E-state index in [9.17, 15) is 26.7 Å². The van der Waals surface area contributed by atoms with Gasteiger partial charge in [0.2, 0.25) is 0 Å². The molecule has 0 saturated heterocycles. The summed E-state index contributed by atoms with van der Waals surface area (Å²) in [5.41, 5.74) is -3.55. The van der Waals surface area contributed by atoms with E-state index < -0.39 is 40.0 Å². The fraction of sp³-hybridized carbons (Fsp3) is 0.400. The minimum absolute atomic E-state index is 0.197. The molecule has 0 unspecified atom stereocenters. The molecular formula is C10H7BrF5NO2. The van der Waals surface area contributed by atoms with Gasteiger partial charge < -0.3 is 4.74 Å². The lowest BCUT2D eigenvalue weighted by atomic mass is 10.1. The molecule has 3 nitrogen and oxygen atoms in total. The molecule has 0 aliphatic heterocycles. The number of nitrogens with zero attached hydrogens (tertiary/aromatic N) is 1. The lowest BCUT2D eigenvalue weighted by molar-refractivity contribution is -0.138. The summed E-state index contributed by atoms with van der Waals surface area (Å²) >= 11 is 2.57. The summed E-state index contributed by atoms with van der Waals surface area (Å²) in [6, 6.07) is 0.390. The van der Waals surface area contributed by atoms with E-state index in [2.05, 4.69) is 25.7 Å². The van der Waals surface area contributed by atoms with Crippen molar-refractivity contribution in [3.8, 4) is 0 Å². The van der Waals surface area contributed by atoms with Crippen LogP contribution in [0.25, 0.3) is 0 Å². The van der Waals surface area contributed by atoms with Crippen LogP contribution in [0.1, 0.15) is 35.1 Å². The maximum atomic E-state index is 12.7. The van der Waals surface area contributed by atoms with Gasteiger partial charge in [-0.1, -0.05) is 0 Å². The van der Waals surface area contributed by atoms with Gasteiger partial charge in [-0.3, -0.25) is 0 Å². The number of hydrogen-bond acceptors (Lipinski definition) is 3. The van der Waals surface area contributed by atoms with Crippen molar-refractivity contribution >= 4 is 21.9 Å². The highest BCUT2D eigenvalue weighted by Crippen LogP contribution is 2.36. The van der Waals surface area contributed by atoms with Crippen molar-refractivity contribution in [2.75, 3.05) is 6.61 Å². The number of pyridine rings is 1. The van der Waals surface area contributed by atoms with Crippen LogP contribution in [0.5, 0.6) is 0 Å². The molecule has 1 aromatic heterocycles. The van der Waals surface area contributed by atoms with E-state index in [1.807, 2.05) is 0 Å². The predicted molar refractivity (Wildman–Crippen MR) is 57.9 cm³/mol.